The zero-order chi connectivity index (χ0) is 13.0. The highest BCUT2D eigenvalue weighted by atomic mass is 16.5. The number of aromatic nitrogens is 2. The van der Waals surface area contributed by atoms with Crippen molar-refractivity contribution in [2.45, 2.75) is 12.5 Å². The lowest BCUT2D eigenvalue weighted by atomic mass is 10.0. The van der Waals surface area contributed by atoms with Gasteiger partial charge in [-0.25, -0.2) is 4.98 Å². The lowest BCUT2D eigenvalue weighted by Gasteiger charge is -2.14. The van der Waals surface area contributed by atoms with Gasteiger partial charge in [-0.1, -0.05) is 30.3 Å². The zero-order valence-electron chi connectivity index (χ0n) is 10.5. The van der Waals surface area contributed by atoms with Crippen LogP contribution in [0.25, 0.3) is 0 Å². The Morgan fingerprint density at radius 3 is 2.67 bits per heavy atom. The Labute approximate surface area is 106 Å². The number of carbonyl (C=O) groups excluding carboxylic acids is 1. The topological polar surface area (TPSA) is 44.1 Å². The molecule has 0 spiro atoms. The fourth-order valence-corrected chi connectivity index (χ4v) is 1.90. The van der Waals surface area contributed by atoms with E-state index in [4.69, 9.17) is 4.74 Å². The molecule has 1 unspecified atom stereocenters. The summed E-state index contributed by atoms with van der Waals surface area (Å²) in [6, 6.07) is 9.50. The molecule has 94 valence electrons. The van der Waals surface area contributed by atoms with Crippen molar-refractivity contribution in [1.29, 1.82) is 0 Å². The van der Waals surface area contributed by atoms with Gasteiger partial charge >= 0.3 is 0 Å². The molecule has 0 fully saturated rings. The van der Waals surface area contributed by atoms with E-state index in [1.807, 2.05) is 48.1 Å². The van der Waals surface area contributed by atoms with E-state index in [-0.39, 0.29) is 12.2 Å². The van der Waals surface area contributed by atoms with Gasteiger partial charge in [-0.2, -0.15) is 0 Å². The first kappa shape index (κ1) is 12.5. The maximum Gasteiger partial charge on any atom is 0.173 e. The van der Waals surface area contributed by atoms with E-state index >= 15 is 0 Å². The van der Waals surface area contributed by atoms with Gasteiger partial charge in [0.15, 0.2) is 5.78 Å². The predicted octanol–water partition coefficient (Wildman–Crippen LogP) is 1.92. The first-order chi connectivity index (χ1) is 8.72. The van der Waals surface area contributed by atoms with Gasteiger partial charge in [0, 0.05) is 26.6 Å². The average Bonchev–Trinajstić information content (AvgIpc) is 2.77. The molecule has 1 heterocycles. The van der Waals surface area contributed by atoms with Crippen molar-refractivity contribution in [2.75, 3.05) is 7.11 Å². The second kappa shape index (κ2) is 5.60. The summed E-state index contributed by atoms with van der Waals surface area (Å²) in [6.45, 7) is 0. The second-order valence-electron chi connectivity index (χ2n) is 4.12. The van der Waals surface area contributed by atoms with E-state index in [0.717, 1.165) is 11.4 Å². The van der Waals surface area contributed by atoms with Crippen LogP contribution in [0.1, 0.15) is 17.5 Å². The number of ether oxygens (including phenoxy) is 1. The third-order valence-electron chi connectivity index (χ3n) is 2.88. The first-order valence-corrected chi connectivity index (χ1v) is 5.79. The van der Waals surface area contributed by atoms with Gasteiger partial charge in [0.1, 0.15) is 11.9 Å². The summed E-state index contributed by atoms with van der Waals surface area (Å²) in [4.78, 5) is 16.4. The van der Waals surface area contributed by atoms with Gasteiger partial charge < -0.3 is 9.30 Å². The number of rotatable bonds is 5. The number of aryl methyl sites for hydroxylation is 1. The minimum absolute atomic E-state index is 0.0120. The van der Waals surface area contributed by atoms with Gasteiger partial charge in [0.25, 0.3) is 0 Å². The fourth-order valence-electron chi connectivity index (χ4n) is 1.90. The number of benzene rings is 1. The van der Waals surface area contributed by atoms with E-state index in [1.165, 1.54) is 0 Å². The third-order valence-corrected chi connectivity index (χ3v) is 2.88. The van der Waals surface area contributed by atoms with Gasteiger partial charge in [-0.3, -0.25) is 4.79 Å². The summed E-state index contributed by atoms with van der Waals surface area (Å²) in [7, 11) is 3.42. The second-order valence-corrected chi connectivity index (χ2v) is 4.12. The van der Waals surface area contributed by atoms with Crippen LogP contribution in [0.4, 0.5) is 0 Å². The van der Waals surface area contributed by atoms with Gasteiger partial charge in [0.05, 0.1) is 6.42 Å². The van der Waals surface area contributed by atoms with Crippen LogP contribution in [0.15, 0.2) is 42.7 Å². The zero-order valence-corrected chi connectivity index (χ0v) is 10.5. The number of methoxy groups -OCH3 is 1. The van der Waals surface area contributed by atoms with Gasteiger partial charge in [0.2, 0.25) is 0 Å². The molecule has 1 aromatic heterocycles. The molecule has 0 N–H and O–H groups in total. The maximum absolute atomic E-state index is 12.2. The van der Waals surface area contributed by atoms with Crippen LogP contribution >= 0.6 is 0 Å². The molecule has 4 heteroatoms. The lowest BCUT2D eigenvalue weighted by molar-refractivity contribution is -0.128. The van der Waals surface area contributed by atoms with Crippen LogP contribution < -0.4 is 0 Å². The minimum Gasteiger partial charge on any atom is -0.369 e. The van der Waals surface area contributed by atoms with Crippen molar-refractivity contribution in [2.24, 2.45) is 7.05 Å². The molecule has 0 radical (unpaired) electrons. The van der Waals surface area contributed by atoms with Crippen molar-refractivity contribution >= 4 is 5.78 Å². The number of hydrogen-bond acceptors (Lipinski definition) is 3. The summed E-state index contributed by atoms with van der Waals surface area (Å²) >= 11 is 0. The van der Waals surface area contributed by atoms with E-state index in [1.54, 1.807) is 13.3 Å². The predicted molar refractivity (Wildman–Crippen MR) is 68.1 cm³/mol. The molecular formula is C14H16N2O2. The number of imidazole rings is 1. The van der Waals surface area contributed by atoms with Crippen molar-refractivity contribution in [3.8, 4) is 0 Å². The standard InChI is InChI=1S/C14H16N2O2/c1-16-9-8-15-13(16)10-12(17)14(18-2)11-6-4-3-5-7-11/h3-9,14H,10H2,1-2H3. The molecule has 0 amide bonds. The van der Waals surface area contributed by atoms with E-state index in [0.29, 0.717) is 0 Å². The third kappa shape index (κ3) is 2.65. The summed E-state index contributed by atoms with van der Waals surface area (Å²) < 4.78 is 7.14. The van der Waals surface area contributed by atoms with Crippen molar-refractivity contribution in [3.05, 3.63) is 54.1 Å². The number of ketones is 1. The molecule has 18 heavy (non-hydrogen) atoms. The molecule has 0 aliphatic rings. The molecule has 2 aromatic rings. The van der Waals surface area contributed by atoms with Crippen molar-refractivity contribution in [3.63, 3.8) is 0 Å². The van der Waals surface area contributed by atoms with Crippen LogP contribution in [0.3, 0.4) is 0 Å². The molecule has 0 saturated carbocycles. The SMILES string of the molecule is COC(C(=O)Cc1nccn1C)c1ccccc1. The lowest BCUT2D eigenvalue weighted by Crippen LogP contribution is -2.18. The number of carbonyl (C=O) groups is 1. The Balaban J connectivity index is 2.14. The highest BCUT2D eigenvalue weighted by molar-refractivity contribution is 5.85. The molecule has 1 atom stereocenters. The monoisotopic (exact) mass is 244 g/mol. The molecule has 4 nitrogen and oxygen atoms in total. The molecule has 1 aromatic carbocycles. The Morgan fingerprint density at radius 1 is 1.39 bits per heavy atom. The Hall–Kier alpha value is -1.94. The molecule has 0 aliphatic carbocycles. The Morgan fingerprint density at radius 2 is 2.11 bits per heavy atom. The van der Waals surface area contributed by atoms with E-state index in [9.17, 15) is 4.79 Å². The average molecular weight is 244 g/mol. The summed E-state index contributed by atoms with van der Waals surface area (Å²) in [6.07, 6.45) is 3.26. The summed E-state index contributed by atoms with van der Waals surface area (Å²) in [5.74, 6) is 0.760. The normalized spacial score (nSPS) is 12.3. The van der Waals surface area contributed by atoms with Crippen molar-refractivity contribution < 1.29 is 9.53 Å². The number of nitrogens with zero attached hydrogens (tertiary/aromatic N) is 2. The van der Waals surface area contributed by atoms with Crippen LogP contribution in [0.5, 0.6) is 0 Å². The highest BCUT2D eigenvalue weighted by Gasteiger charge is 2.21. The summed E-state index contributed by atoms with van der Waals surface area (Å²) in [5, 5.41) is 0. The smallest absolute Gasteiger partial charge is 0.173 e. The molecule has 2 rings (SSSR count). The fraction of sp³-hybridized carbons (Fsp3) is 0.286. The molecule has 0 bridgehead atoms. The van der Waals surface area contributed by atoms with Crippen molar-refractivity contribution in [1.82, 2.24) is 9.55 Å². The Bertz CT molecular complexity index is 520. The molecular weight excluding hydrogens is 228 g/mol. The quantitative estimate of drug-likeness (QED) is 0.807. The summed E-state index contributed by atoms with van der Waals surface area (Å²) in [5.41, 5.74) is 0.874. The van der Waals surface area contributed by atoms with Crippen LogP contribution in [0.2, 0.25) is 0 Å². The van der Waals surface area contributed by atoms with E-state index in [2.05, 4.69) is 4.98 Å². The Kier molecular flexibility index (Phi) is 3.89. The number of hydrogen-bond donors (Lipinski definition) is 0. The highest BCUT2D eigenvalue weighted by Crippen LogP contribution is 2.18. The van der Waals surface area contributed by atoms with Crippen LogP contribution in [-0.4, -0.2) is 22.4 Å². The van der Waals surface area contributed by atoms with Gasteiger partial charge in [-0.05, 0) is 5.56 Å². The number of Topliss-reactive ketones (excluding diaryl/α,β-unsaturated/α-hetero) is 1. The van der Waals surface area contributed by atoms with Crippen LogP contribution in [0, 0.1) is 0 Å². The van der Waals surface area contributed by atoms with Crippen LogP contribution in [-0.2, 0) is 23.0 Å². The first-order valence-electron chi connectivity index (χ1n) is 5.79. The molecule has 0 saturated heterocycles. The van der Waals surface area contributed by atoms with E-state index < -0.39 is 6.10 Å². The minimum atomic E-state index is -0.525. The largest absolute Gasteiger partial charge is 0.369 e. The maximum atomic E-state index is 12.2. The van der Waals surface area contributed by atoms with Gasteiger partial charge in [-0.15, -0.1) is 0 Å². The molecule has 0 aliphatic heterocycles.